The number of hydrogen-bond donors (Lipinski definition) is 2. The second-order valence-electron chi connectivity index (χ2n) is 8.40. The molecule has 0 aromatic carbocycles. The summed E-state index contributed by atoms with van der Waals surface area (Å²) < 4.78 is 0. The van der Waals surface area contributed by atoms with E-state index >= 15 is 0 Å². The number of pyridine rings is 1. The van der Waals surface area contributed by atoms with E-state index in [0.29, 0.717) is 18.3 Å². The molecule has 4 rings (SSSR count). The summed E-state index contributed by atoms with van der Waals surface area (Å²) in [6.07, 6.45) is 8.95. The van der Waals surface area contributed by atoms with Crippen LogP contribution >= 0.6 is 0 Å². The highest BCUT2D eigenvalue weighted by molar-refractivity contribution is 5.92. The molecule has 0 bridgehead atoms. The third-order valence-electron chi connectivity index (χ3n) is 6.06. The predicted molar refractivity (Wildman–Crippen MR) is 107 cm³/mol. The van der Waals surface area contributed by atoms with Crippen LogP contribution in [-0.4, -0.2) is 65.5 Å². The van der Waals surface area contributed by atoms with Gasteiger partial charge < -0.3 is 15.5 Å². The molecular weight excluding hydrogens is 354 g/mol. The molecule has 2 aliphatic carbocycles. The molecule has 28 heavy (non-hydrogen) atoms. The van der Waals surface area contributed by atoms with Crippen LogP contribution in [0.25, 0.3) is 0 Å². The highest BCUT2D eigenvalue weighted by Gasteiger charge is 2.28. The van der Waals surface area contributed by atoms with Gasteiger partial charge in [0.15, 0.2) is 0 Å². The summed E-state index contributed by atoms with van der Waals surface area (Å²) in [4.78, 5) is 33.3. The zero-order valence-corrected chi connectivity index (χ0v) is 16.5. The molecule has 0 spiro atoms. The number of rotatable bonds is 6. The van der Waals surface area contributed by atoms with Crippen molar-refractivity contribution in [3.05, 3.63) is 29.6 Å². The van der Waals surface area contributed by atoms with Crippen LogP contribution in [0, 0.1) is 5.92 Å². The van der Waals surface area contributed by atoms with Gasteiger partial charge in [-0.3, -0.25) is 14.7 Å². The molecule has 3 aliphatic rings. The summed E-state index contributed by atoms with van der Waals surface area (Å²) in [5.74, 6) is 0.898. The average molecular weight is 386 g/mol. The number of piperazine rings is 1. The number of hydrogen-bond acceptors (Lipinski definition) is 4. The largest absolute Gasteiger partial charge is 0.335 e. The molecule has 152 valence electrons. The van der Waals surface area contributed by atoms with Crippen LogP contribution < -0.4 is 10.6 Å². The molecule has 3 fully saturated rings. The van der Waals surface area contributed by atoms with Crippen LogP contribution in [0.5, 0.6) is 0 Å². The minimum Gasteiger partial charge on any atom is -0.335 e. The predicted octanol–water partition coefficient (Wildman–Crippen LogP) is 1.99. The summed E-state index contributed by atoms with van der Waals surface area (Å²) in [6, 6.07) is 3.82. The Hall–Kier alpha value is -2.15. The summed E-state index contributed by atoms with van der Waals surface area (Å²) in [5, 5.41) is 5.88. The Labute approximate surface area is 166 Å². The van der Waals surface area contributed by atoms with Gasteiger partial charge in [-0.2, -0.15) is 0 Å². The molecule has 1 saturated heterocycles. The molecule has 0 unspecified atom stereocenters. The quantitative estimate of drug-likeness (QED) is 0.785. The molecule has 1 aromatic heterocycles. The maximum Gasteiger partial charge on any atom is 0.315 e. The first kappa shape index (κ1) is 19.2. The van der Waals surface area contributed by atoms with Crippen molar-refractivity contribution in [1.82, 2.24) is 25.4 Å². The van der Waals surface area contributed by atoms with Crippen molar-refractivity contribution in [2.24, 2.45) is 5.92 Å². The summed E-state index contributed by atoms with van der Waals surface area (Å²) in [6.45, 7) is 5.08. The standard InChI is InChI=1S/C21H31N5O2/c27-20(26-11-9-25(10-12-26)15-16-5-6-16)19-8-7-17(13-22-19)14-23-21(28)24-18-3-1-2-4-18/h7-8,13,16,18H,1-6,9-12,14-15H2,(H2,23,24,28). The smallest absolute Gasteiger partial charge is 0.315 e. The minimum absolute atomic E-state index is 0.00422. The lowest BCUT2D eigenvalue weighted by atomic mass is 10.2. The maximum atomic E-state index is 12.7. The first-order valence-electron chi connectivity index (χ1n) is 10.7. The second kappa shape index (κ2) is 8.90. The third-order valence-corrected chi connectivity index (χ3v) is 6.06. The van der Waals surface area contributed by atoms with E-state index in [1.807, 2.05) is 11.0 Å². The Bertz CT molecular complexity index is 675. The van der Waals surface area contributed by atoms with Gasteiger partial charge in [0.05, 0.1) is 0 Å². The van der Waals surface area contributed by atoms with E-state index in [9.17, 15) is 9.59 Å². The van der Waals surface area contributed by atoms with E-state index < -0.39 is 0 Å². The molecule has 3 amide bonds. The van der Waals surface area contributed by atoms with Gasteiger partial charge in [-0.15, -0.1) is 0 Å². The van der Waals surface area contributed by atoms with Crippen molar-refractivity contribution in [1.29, 1.82) is 0 Å². The fraction of sp³-hybridized carbons (Fsp3) is 0.667. The number of amides is 3. The highest BCUT2D eigenvalue weighted by Crippen LogP contribution is 2.30. The monoisotopic (exact) mass is 385 g/mol. The SMILES string of the molecule is O=C(NCc1ccc(C(=O)N2CCN(CC3CC3)CC2)nc1)NC1CCCC1. The van der Waals surface area contributed by atoms with Crippen molar-refractivity contribution in [2.75, 3.05) is 32.7 Å². The van der Waals surface area contributed by atoms with Crippen LogP contribution in [0.15, 0.2) is 18.3 Å². The zero-order chi connectivity index (χ0) is 19.3. The van der Waals surface area contributed by atoms with Crippen LogP contribution in [-0.2, 0) is 6.54 Å². The topological polar surface area (TPSA) is 77.6 Å². The number of urea groups is 1. The van der Waals surface area contributed by atoms with Gasteiger partial charge in [0.2, 0.25) is 0 Å². The Balaban J connectivity index is 1.21. The third kappa shape index (κ3) is 5.22. The molecule has 1 aliphatic heterocycles. The molecule has 7 nitrogen and oxygen atoms in total. The lowest BCUT2D eigenvalue weighted by Crippen LogP contribution is -2.49. The number of aromatic nitrogens is 1. The first-order chi connectivity index (χ1) is 13.7. The van der Waals surface area contributed by atoms with Gasteiger partial charge in [0, 0.05) is 51.5 Å². The molecular formula is C21H31N5O2. The van der Waals surface area contributed by atoms with Gasteiger partial charge in [-0.05, 0) is 43.2 Å². The van der Waals surface area contributed by atoms with Crippen LogP contribution in [0.3, 0.4) is 0 Å². The summed E-state index contributed by atoms with van der Waals surface area (Å²) in [7, 11) is 0. The van der Waals surface area contributed by atoms with E-state index in [-0.39, 0.29) is 11.9 Å². The van der Waals surface area contributed by atoms with Crippen molar-refractivity contribution >= 4 is 11.9 Å². The summed E-state index contributed by atoms with van der Waals surface area (Å²) >= 11 is 0. The second-order valence-corrected chi connectivity index (χ2v) is 8.40. The van der Waals surface area contributed by atoms with Gasteiger partial charge in [0.25, 0.3) is 5.91 Å². The maximum absolute atomic E-state index is 12.7. The molecule has 2 N–H and O–H groups in total. The number of nitrogens with zero attached hydrogens (tertiary/aromatic N) is 3. The molecule has 1 aromatic rings. The van der Waals surface area contributed by atoms with E-state index in [0.717, 1.165) is 50.5 Å². The number of carbonyl (C=O) groups is 2. The van der Waals surface area contributed by atoms with Crippen molar-refractivity contribution in [2.45, 2.75) is 51.1 Å². The molecule has 2 saturated carbocycles. The van der Waals surface area contributed by atoms with Gasteiger partial charge in [-0.25, -0.2) is 4.79 Å². The first-order valence-corrected chi connectivity index (χ1v) is 10.7. The van der Waals surface area contributed by atoms with Gasteiger partial charge >= 0.3 is 6.03 Å². The minimum atomic E-state index is -0.129. The van der Waals surface area contributed by atoms with E-state index in [1.54, 1.807) is 12.3 Å². The Morgan fingerprint density at radius 1 is 1.04 bits per heavy atom. The Kier molecular flexibility index (Phi) is 6.10. The number of nitrogens with one attached hydrogen (secondary N) is 2. The van der Waals surface area contributed by atoms with E-state index in [4.69, 9.17) is 0 Å². The van der Waals surface area contributed by atoms with E-state index in [2.05, 4.69) is 20.5 Å². The Morgan fingerprint density at radius 2 is 1.79 bits per heavy atom. The number of carbonyl (C=O) groups excluding carboxylic acids is 2. The zero-order valence-electron chi connectivity index (χ0n) is 16.5. The van der Waals surface area contributed by atoms with Crippen LogP contribution in [0.1, 0.15) is 54.6 Å². The molecule has 0 radical (unpaired) electrons. The van der Waals surface area contributed by atoms with E-state index in [1.165, 1.54) is 32.2 Å². The summed E-state index contributed by atoms with van der Waals surface area (Å²) in [5.41, 5.74) is 1.38. The Morgan fingerprint density at radius 3 is 2.43 bits per heavy atom. The molecule has 0 atom stereocenters. The van der Waals surface area contributed by atoms with Crippen molar-refractivity contribution < 1.29 is 9.59 Å². The fourth-order valence-electron chi connectivity index (χ4n) is 4.11. The van der Waals surface area contributed by atoms with Crippen molar-refractivity contribution in [3.63, 3.8) is 0 Å². The lowest BCUT2D eigenvalue weighted by Gasteiger charge is -2.34. The van der Waals surface area contributed by atoms with Gasteiger partial charge in [-0.1, -0.05) is 18.9 Å². The van der Waals surface area contributed by atoms with Crippen LogP contribution in [0.4, 0.5) is 4.79 Å². The van der Waals surface area contributed by atoms with Crippen LogP contribution in [0.2, 0.25) is 0 Å². The lowest BCUT2D eigenvalue weighted by molar-refractivity contribution is 0.0626. The normalized spacial score (nSPS) is 20.9. The average Bonchev–Trinajstić information content (AvgIpc) is 3.39. The van der Waals surface area contributed by atoms with Crippen molar-refractivity contribution in [3.8, 4) is 0 Å². The van der Waals surface area contributed by atoms with Gasteiger partial charge in [0.1, 0.15) is 5.69 Å². The fourth-order valence-corrected chi connectivity index (χ4v) is 4.11. The molecule has 2 heterocycles. The highest BCUT2D eigenvalue weighted by atomic mass is 16.2. The molecule has 7 heteroatoms.